The van der Waals surface area contributed by atoms with E-state index < -0.39 is 0 Å². The molecule has 4 nitrogen and oxygen atoms in total. The largest absolute Gasteiger partial charge is 0.466 e. The zero-order valence-corrected chi connectivity index (χ0v) is 11.6. The van der Waals surface area contributed by atoms with Crippen molar-refractivity contribution in [3.05, 3.63) is 0 Å². The zero-order chi connectivity index (χ0) is 13.1. The maximum atomic E-state index is 11.2. The molecule has 0 aliphatic carbocycles. The molecule has 0 spiro atoms. The van der Waals surface area contributed by atoms with Crippen LogP contribution in [0.1, 0.15) is 47.0 Å². The molecule has 17 heavy (non-hydrogen) atoms. The molecule has 1 N–H and O–H groups in total. The van der Waals surface area contributed by atoms with Gasteiger partial charge in [0.2, 0.25) is 0 Å². The monoisotopic (exact) mass is 245 g/mol. The highest BCUT2D eigenvalue weighted by atomic mass is 16.5. The molecule has 0 saturated heterocycles. The molecule has 0 saturated carbocycles. The van der Waals surface area contributed by atoms with Crippen LogP contribution in [-0.4, -0.2) is 37.9 Å². The van der Waals surface area contributed by atoms with Crippen molar-refractivity contribution >= 4 is 5.97 Å². The van der Waals surface area contributed by atoms with Crippen LogP contribution in [0.2, 0.25) is 0 Å². The Labute approximate surface area is 105 Å². The highest BCUT2D eigenvalue weighted by Crippen LogP contribution is 1.97. The fourth-order valence-electron chi connectivity index (χ4n) is 1.44. The van der Waals surface area contributed by atoms with Gasteiger partial charge in [0, 0.05) is 12.6 Å². The number of nitrogens with one attached hydrogen (secondary N) is 1. The summed E-state index contributed by atoms with van der Waals surface area (Å²) in [6.45, 7) is 10.1. The zero-order valence-electron chi connectivity index (χ0n) is 11.6. The van der Waals surface area contributed by atoms with Crippen LogP contribution in [0.15, 0.2) is 0 Å². The van der Waals surface area contributed by atoms with Gasteiger partial charge in [-0.05, 0) is 47.1 Å². The first-order valence-electron chi connectivity index (χ1n) is 6.56. The normalized spacial score (nSPS) is 12.8. The second-order valence-electron chi connectivity index (χ2n) is 4.49. The Bertz CT molecular complexity index is 195. The number of esters is 1. The number of unbranched alkanes of at least 4 members (excludes halogenated alkanes) is 1. The standard InChI is InChI=1S/C13H27NO3/c1-5-16-13(15)10-12(4)14-8-6-7-9-17-11(2)3/h11-12,14H,5-10H2,1-4H3. The number of ether oxygens (including phenoxy) is 2. The molecule has 0 heterocycles. The summed E-state index contributed by atoms with van der Waals surface area (Å²) in [7, 11) is 0. The van der Waals surface area contributed by atoms with Gasteiger partial charge in [0.25, 0.3) is 0 Å². The van der Waals surface area contributed by atoms with Gasteiger partial charge in [-0.1, -0.05) is 0 Å². The Morgan fingerprint density at radius 3 is 2.53 bits per heavy atom. The number of carbonyl (C=O) groups is 1. The smallest absolute Gasteiger partial charge is 0.307 e. The highest BCUT2D eigenvalue weighted by Gasteiger charge is 2.08. The minimum Gasteiger partial charge on any atom is -0.466 e. The van der Waals surface area contributed by atoms with Gasteiger partial charge in [-0.2, -0.15) is 0 Å². The summed E-state index contributed by atoms with van der Waals surface area (Å²) in [6, 6.07) is 0.181. The molecule has 0 radical (unpaired) electrons. The second kappa shape index (κ2) is 10.5. The van der Waals surface area contributed by atoms with E-state index in [0.29, 0.717) is 19.1 Å². The Balaban J connectivity index is 3.33. The Morgan fingerprint density at radius 2 is 1.94 bits per heavy atom. The SMILES string of the molecule is CCOC(=O)CC(C)NCCCCOC(C)C. The third kappa shape index (κ3) is 11.6. The van der Waals surface area contributed by atoms with Crippen molar-refractivity contribution in [3.8, 4) is 0 Å². The molecule has 0 fully saturated rings. The molecule has 0 aromatic carbocycles. The first kappa shape index (κ1) is 16.4. The van der Waals surface area contributed by atoms with E-state index in [9.17, 15) is 4.79 Å². The van der Waals surface area contributed by atoms with Crippen LogP contribution in [0, 0.1) is 0 Å². The predicted octanol–water partition coefficient (Wildman–Crippen LogP) is 2.12. The molecule has 0 rings (SSSR count). The van der Waals surface area contributed by atoms with Crippen LogP contribution < -0.4 is 5.32 Å². The lowest BCUT2D eigenvalue weighted by molar-refractivity contribution is -0.143. The quantitative estimate of drug-likeness (QED) is 0.473. The first-order valence-corrected chi connectivity index (χ1v) is 6.56. The first-order chi connectivity index (χ1) is 8.06. The van der Waals surface area contributed by atoms with E-state index in [2.05, 4.69) is 5.32 Å². The van der Waals surface area contributed by atoms with E-state index in [1.807, 2.05) is 27.7 Å². The minimum absolute atomic E-state index is 0.129. The Morgan fingerprint density at radius 1 is 1.24 bits per heavy atom. The van der Waals surface area contributed by atoms with Gasteiger partial charge in [0.15, 0.2) is 0 Å². The molecule has 0 aliphatic heterocycles. The number of hydrogen-bond acceptors (Lipinski definition) is 4. The molecule has 0 aromatic rings. The van der Waals surface area contributed by atoms with E-state index in [-0.39, 0.29) is 12.0 Å². The van der Waals surface area contributed by atoms with E-state index in [0.717, 1.165) is 26.0 Å². The average Bonchev–Trinajstić information content (AvgIpc) is 2.23. The molecule has 1 unspecified atom stereocenters. The summed E-state index contributed by atoms with van der Waals surface area (Å²) in [6.07, 6.45) is 2.87. The third-order valence-electron chi connectivity index (χ3n) is 2.29. The summed E-state index contributed by atoms with van der Waals surface area (Å²) in [4.78, 5) is 11.2. The number of rotatable bonds is 10. The molecular formula is C13H27NO3. The molecule has 4 heteroatoms. The predicted molar refractivity (Wildman–Crippen MR) is 69.0 cm³/mol. The highest BCUT2D eigenvalue weighted by molar-refractivity contribution is 5.69. The van der Waals surface area contributed by atoms with Crippen molar-refractivity contribution in [2.24, 2.45) is 0 Å². The topological polar surface area (TPSA) is 47.6 Å². The minimum atomic E-state index is -0.129. The van der Waals surface area contributed by atoms with Crippen LogP contribution in [0.3, 0.4) is 0 Å². The van der Waals surface area contributed by atoms with E-state index in [1.54, 1.807) is 0 Å². The Hall–Kier alpha value is -0.610. The van der Waals surface area contributed by atoms with Gasteiger partial charge in [-0.3, -0.25) is 4.79 Å². The maximum Gasteiger partial charge on any atom is 0.307 e. The van der Waals surface area contributed by atoms with E-state index in [4.69, 9.17) is 9.47 Å². The molecule has 0 aliphatic rings. The van der Waals surface area contributed by atoms with Gasteiger partial charge in [0.05, 0.1) is 19.1 Å². The molecular weight excluding hydrogens is 218 g/mol. The number of carbonyl (C=O) groups excluding carboxylic acids is 1. The van der Waals surface area contributed by atoms with Crippen LogP contribution >= 0.6 is 0 Å². The fourth-order valence-corrected chi connectivity index (χ4v) is 1.44. The van der Waals surface area contributed by atoms with E-state index >= 15 is 0 Å². The lowest BCUT2D eigenvalue weighted by Gasteiger charge is -2.13. The maximum absolute atomic E-state index is 11.2. The van der Waals surface area contributed by atoms with Crippen LogP contribution in [0.4, 0.5) is 0 Å². The van der Waals surface area contributed by atoms with Crippen molar-refractivity contribution in [1.29, 1.82) is 0 Å². The summed E-state index contributed by atoms with van der Waals surface area (Å²) in [5, 5.41) is 3.30. The van der Waals surface area contributed by atoms with Crippen molar-refractivity contribution in [3.63, 3.8) is 0 Å². The third-order valence-corrected chi connectivity index (χ3v) is 2.29. The van der Waals surface area contributed by atoms with Crippen LogP contribution in [0.5, 0.6) is 0 Å². The molecule has 102 valence electrons. The van der Waals surface area contributed by atoms with Crippen molar-refractivity contribution in [2.75, 3.05) is 19.8 Å². The Kier molecular flexibility index (Phi) is 10.2. The lowest BCUT2D eigenvalue weighted by atomic mass is 10.2. The van der Waals surface area contributed by atoms with Crippen molar-refractivity contribution < 1.29 is 14.3 Å². The molecule has 0 amide bonds. The molecule has 1 atom stereocenters. The van der Waals surface area contributed by atoms with Crippen LogP contribution in [0.25, 0.3) is 0 Å². The van der Waals surface area contributed by atoms with Crippen molar-refractivity contribution in [1.82, 2.24) is 5.32 Å². The fraction of sp³-hybridized carbons (Fsp3) is 0.923. The summed E-state index contributed by atoms with van der Waals surface area (Å²) < 4.78 is 10.3. The van der Waals surface area contributed by atoms with Crippen molar-refractivity contribution in [2.45, 2.75) is 59.1 Å². The van der Waals surface area contributed by atoms with Gasteiger partial charge < -0.3 is 14.8 Å². The summed E-state index contributed by atoms with van der Waals surface area (Å²) >= 11 is 0. The van der Waals surface area contributed by atoms with Gasteiger partial charge in [0.1, 0.15) is 0 Å². The molecule has 0 bridgehead atoms. The summed E-state index contributed by atoms with van der Waals surface area (Å²) in [5.41, 5.74) is 0. The van der Waals surface area contributed by atoms with Gasteiger partial charge in [-0.25, -0.2) is 0 Å². The number of hydrogen-bond donors (Lipinski definition) is 1. The average molecular weight is 245 g/mol. The lowest BCUT2D eigenvalue weighted by Crippen LogP contribution is -2.30. The van der Waals surface area contributed by atoms with Crippen LogP contribution in [-0.2, 0) is 14.3 Å². The summed E-state index contributed by atoms with van der Waals surface area (Å²) in [5.74, 6) is -0.129. The second-order valence-corrected chi connectivity index (χ2v) is 4.49. The van der Waals surface area contributed by atoms with E-state index in [1.165, 1.54) is 0 Å². The van der Waals surface area contributed by atoms with Gasteiger partial charge in [-0.15, -0.1) is 0 Å². The molecule has 0 aromatic heterocycles. The van der Waals surface area contributed by atoms with Gasteiger partial charge >= 0.3 is 5.97 Å².